The Balaban J connectivity index is 2.00. The Morgan fingerprint density at radius 2 is 2.22 bits per heavy atom. The second-order valence-corrected chi connectivity index (χ2v) is 7.68. The third-order valence-corrected chi connectivity index (χ3v) is 6.16. The lowest BCUT2D eigenvalue weighted by Gasteiger charge is -2.46. The molecule has 9 heteroatoms. The first-order chi connectivity index (χ1) is 10.8. The van der Waals surface area contributed by atoms with E-state index >= 15 is 0 Å². The number of halogens is 1. The van der Waals surface area contributed by atoms with Crippen LogP contribution in [0.2, 0.25) is 0 Å². The van der Waals surface area contributed by atoms with Crippen molar-refractivity contribution < 1.29 is 22.7 Å². The van der Waals surface area contributed by atoms with Crippen molar-refractivity contribution in [3.8, 4) is 0 Å². The summed E-state index contributed by atoms with van der Waals surface area (Å²) in [5, 5.41) is 9.19. The Morgan fingerprint density at radius 3 is 2.83 bits per heavy atom. The standard InChI is InChI=1S/C14H18FN3O4S/c1-10-8-14(5-6-17(10)13(19)20)9-16-23(21,22)18(14)12-4-2-3-11(15)7-12/h2-4,7,10,16H,5-6,8-9H2,1H3,(H,19,20). The van der Waals surface area contributed by atoms with Crippen molar-refractivity contribution in [3.63, 3.8) is 0 Å². The summed E-state index contributed by atoms with van der Waals surface area (Å²) in [7, 11) is -3.78. The first-order valence-corrected chi connectivity index (χ1v) is 8.74. The summed E-state index contributed by atoms with van der Waals surface area (Å²) < 4.78 is 42.1. The summed E-state index contributed by atoms with van der Waals surface area (Å²) >= 11 is 0. The second-order valence-electron chi connectivity index (χ2n) is 6.07. The molecule has 3 rings (SSSR count). The van der Waals surface area contributed by atoms with Crippen molar-refractivity contribution in [2.75, 3.05) is 17.4 Å². The third-order valence-electron chi connectivity index (χ3n) is 4.57. The van der Waals surface area contributed by atoms with Crippen LogP contribution < -0.4 is 9.03 Å². The van der Waals surface area contributed by atoms with E-state index in [9.17, 15) is 22.7 Å². The highest BCUT2D eigenvalue weighted by atomic mass is 32.2. The van der Waals surface area contributed by atoms with Crippen LogP contribution >= 0.6 is 0 Å². The van der Waals surface area contributed by atoms with Crippen molar-refractivity contribution in [3.05, 3.63) is 30.1 Å². The SMILES string of the molecule is CC1CC2(CCN1C(=O)O)CNS(=O)(=O)N2c1cccc(F)c1. The molecule has 2 unspecified atom stereocenters. The zero-order valence-corrected chi connectivity index (χ0v) is 13.4. The molecule has 1 aromatic rings. The zero-order chi connectivity index (χ0) is 16.8. The van der Waals surface area contributed by atoms with Crippen LogP contribution in [0.15, 0.2) is 24.3 Å². The lowest BCUT2D eigenvalue weighted by atomic mass is 9.83. The van der Waals surface area contributed by atoms with Gasteiger partial charge in [-0.05, 0) is 38.0 Å². The minimum absolute atomic E-state index is 0.184. The molecule has 0 radical (unpaired) electrons. The summed E-state index contributed by atoms with van der Waals surface area (Å²) in [6, 6.07) is 5.11. The van der Waals surface area contributed by atoms with E-state index in [1.165, 1.54) is 27.4 Å². The molecular weight excluding hydrogens is 325 g/mol. The smallest absolute Gasteiger partial charge is 0.407 e. The predicted molar refractivity (Wildman–Crippen MR) is 82.0 cm³/mol. The molecule has 23 heavy (non-hydrogen) atoms. The van der Waals surface area contributed by atoms with Crippen LogP contribution in [0.5, 0.6) is 0 Å². The van der Waals surface area contributed by atoms with Crippen molar-refractivity contribution in [2.24, 2.45) is 0 Å². The summed E-state index contributed by atoms with van der Waals surface area (Å²) in [6.45, 7) is 2.17. The molecule has 1 spiro atoms. The van der Waals surface area contributed by atoms with Gasteiger partial charge in [-0.2, -0.15) is 13.1 Å². The first-order valence-electron chi connectivity index (χ1n) is 7.30. The average molecular weight is 343 g/mol. The minimum atomic E-state index is -3.78. The number of benzene rings is 1. The molecule has 2 fully saturated rings. The van der Waals surface area contributed by atoms with E-state index in [4.69, 9.17) is 0 Å². The van der Waals surface area contributed by atoms with E-state index in [-0.39, 0.29) is 24.8 Å². The van der Waals surface area contributed by atoms with Crippen LogP contribution in [0, 0.1) is 5.82 Å². The van der Waals surface area contributed by atoms with Crippen molar-refractivity contribution >= 4 is 22.0 Å². The monoisotopic (exact) mass is 343 g/mol. The van der Waals surface area contributed by atoms with E-state index in [1.54, 1.807) is 13.0 Å². The van der Waals surface area contributed by atoms with Crippen LogP contribution in [0.4, 0.5) is 14.9 Å². The van der Waals surface area contributed by atoms with Gasteiger partial charge in [0.1, 0.15) is 5.82 Å². The van der Waals surface area contributed by atoms with Crippen molar-refractivity contribution in [1.29, 1.82) is 0 Å². The molecule has 7 nitrogen and oxygen atoms in total. The third kappa shape index (κ3) is 2.63. The van der Waals surface area contributed by atoms with Gasteiger partial charge in [0.2, 0.25) is 0 Å². The van der Waals surface area contributed by atoms with Gasteiger partial charge < -0.3 is 10.0 Å². The first kappa shape index (κ1) is 16.0. The van der Waals surface area contributed by atoms with Crippen LogP contribution in [0.1, 0.15) is 19.8 Å². The molecule has 2 aliphatic rings. The predicted octanol–water partition coefficient (Wildman–Crippen LogP) is 1.38. The number of nitrogens with zero attached hydrogens (tertiary/aromatic N) is 2. The Bertz CT molecular complexity index is 741. The number of hydrogen-bond acceptors (Lipinski definition) is 3. The molecule has 2 atom stereocenters. The molecule has 2 N–H and O–H groups in total. The maximum absolute atomic E-state index is 13.5. The fraction of sp³-hybridized carbons (Fsp3) is 0.500. The van der Waals surface area contributed by atoms with E-state index in [0.29, 0.717) is 12.8 Å². The van der Waals surface area contributed by atoms with Crippen molar-refractivity contribution in [2.45, 2.75) is 31.3 Å². The summed E-state index contributed by atoms with van der Waals surface area (Å²) in [5.74, 6) is -0.518. The Morgan fingerprint density at radius 1 is 1.48 bits per heavy atom. The molecule has 0 saturated carbocycles. The fourth-order valence-electron chi connectivity index (χ4n) is 3.57. The summed E-state index contributed by atoms with van der Waals surface area (Å²) in [6.07, 6.45) is -0.313. The molecular formula is C14H18FN3O4S. The van der Waals surface area contributed by atoms with E-state index in [1.807, 2.05) is 0 Å². The molecule has 0 aliphatic carbocycles. The summed E-state index contributed by atoms with van der Waals surface area (Å²) in [4.78, 5) is 12.5. The number of hydrogen-bond donors (Lipinski definition) is 2. The number of amides is 1. The quantitative estimate of drug-likeness (QED) is 0.806. The fourth-order valence-corrected chi connectivity index (χ4v) is 5.28. The van der Waals surface area contributed by atoms with Gasteiger partial charge in [0.15, 0.2) is 0 Å². The highest BCUT2D eigenvalue weighted by molar-refractivity contribution is 7.91. The molecule has 126 valence electrons. The lowest BCUT2D eigenvalue weighted by Crippen LogP contribution is -2.58. The number of piperidine rings is 1. The maximum atomic E-state index is 13.5. The number of rotatable bonds is 1. The van der Waals surface area contributed by atoms with E-state index in [0.717, 1.165) is 0 Å². The van der Waals surface area contributed by atoms with Gasteiger partial charge in [-0.3, -0.25) is 4.31 Å². The van der Waals surface area contributed by atoms with Gasteiger partial charge in [-0.15, -0.1) is 0 Å². The number of nitrogens with one attached hydrogen (secondary N) is 1. The van der Waals surface area contributed by atoms with Crippen LogP contribution in [0.3, 0.4) is 0 Å². The van der Waals surface area contributed by atoms with Gasteiger partial charge in [0.05, 0.1) is 11.2 Å². The highest BCUT2D eigenvalue weighted by Gasteiger charge is 2.53. The number of likely N-dealkylation sites (tertiary alicyclic amines) is 1. The topological polar surface area (TPSA) is 90.0 Å². The van der Waals surface area contributed by atoms with Gasteiger partial charge in [-0.1, -0.05) is 6.07 Å². The molecule has 0 bridgehead atoms. The molecule has 0 aromatic heterocycles. The molecule has 1 aromatic carbocycles. The Labute approximate surface area is 133 Å². The maximum Gasteiger partial charge on any atom is 0.407 e. The van der Waals surface area contributed by atoms with Crippen LogP contribution in [0.25, 0.3) is 0 Å². The van der Waals surface area contributed by atoms with Crippen molar-refractivity contribution in [1.82, 2.24) is 9.62 Å². The largest absolute Gasteiger partial charge is 0.465 e. The normalized spacial score (nSPS) is 29.9. The lowest BCUT2D eigenvalue weighted by molar-refractivity contribution is 0.0915. The molecule has 2 heterocycles. The second kappa shape index (κ2) is 5.34. The summed E-state index contributed by atoms with van der Waals surface area (Å²) in [5.41, 5.74) is -0.524. The van der Waals surface area contributed by atoms with Crippen LogP contribution in [-0.4, -0.2) is 49.2 Å². The number of carboxylic acid groups (broad SMARTS) is 1. The van der Waals surface area contributed by atoms with E-state index in [2.05, 4.69) is 4.72 Å². The molecule has 2 saturated heterocycles. The minimum Gasteiger partial charge on any atom is -0.465 e. The Hall–Kier alpha value is -1.87. The van der Waals surface area contributed by atoms with Gasteiger partial charge in [-0.25, -0.2) is 9.18 Å². The number of anilines is 1. The van der Waals surface area contributed by atoms with E-state index < -0.39 is 27.7 Å². The van der Waals surface area contributed by atoms with Crippen LogP contribution in [-0.2, 0) is 10.2 Å². The van der Waals surface area contributed by atoms with Gasteiger partial charge in [0, 0.05) is 19.1 Å². The molecule has 1 amide bonds. The van der Waals surface area contributed by atoms with Gasteiger partial charge >= 0.3 is 16.3 Å². The number of carbonyl (C=O) groups is 1. The highest BCUT2D eigenvalue weighted by Crippen LogP contribution is 2.40. The Kier molecular flexibility index (Phi) is 3.72. The molecule has 2 aliphatic heterocycles. The zero-order valence-electron chi connectivity index (χ0n) is 12.6. The average Bonchev–Trinajstić information content (AvgIpc) is 2.69. The van der Waals surface area contributed by atoms with Gasteiger partial charge in [0.25, 0.3) is 0 Å².